The molecule has 0 radical (unpaired) electrons. The fourth-order valence-electron chi connectivity index (χ4n) is 0.433. The lowest BCUT2D eigenvalue weighted by atomic mass is 10.2. The van der Waals surface area contributed by atoms with E-state index in [2.05, 4.69) is 6.92 Å². The second kappa shape index (κ2) is 7.05. The Morgan fingerprint density at radius 3 is 2.88 bits per heavy atom. The predicted octanol–water partition coefficient (Wildman–Crippen LogP) is 2.90. The standard InChI is InChI=1S/C6H12OS/c1-2-3-4-5-6-8-7/h5-7H,2-4H2,1H3/b6-5+. The summed E-state index contributed by atoms with van der Waals surface area (Å²) in [5.41, 5.74) is 0. The molecule has 2 heteroatoms. The van der Waals surface area contributed by atoms with Gasteiger partial charge in [-0.3, -0.25) is 0 Å². The number of rotatable bonds is 4. The average Bonchev–Trinajstić information content (AvgIpc) is 1.81. The zero-order chi connectivity index (χ0) is 6.24. The van der Waals surface area contributed by atoms with Crippen LogP contribution >= 0.6 is 12.0 Å². The smallest absolute Gasteiger partial charge is 0.0160 e. The molecule has 0 bridgehead atoms. The van der Waals surface area contributed by atoms with Gasteiger partial charge in [-0.2, -0.15) is 0 Å². The molecule has 0 heterocycles. The van der Waals surface area contributed by atoms with Crippen molar-refractivity contribution in [2.75, 3.05) is 0 Å². The summed E-state index contributed by atoms with van der Waals surface area (Å²) in [6.45, 7) is 2.15. The lowest BCUT2D eigenvalue weighted by Gasteiger charge is -1.84. The summed E-state index contributed by atoms with van der Waals surface area (Å²) in [5, 5.41) is 1.70. The van der Waals surface area contributed by atoms with Gasteiger partial charge in [0.2, 0.25) is 0 Å². The molecule has 48 valence electrons. The zero-order valence-corrected chi connectivity index (χ0v) is 5.95. The molecule has 0 rings (SSSR count). The SMILES string of the molecule is CCCC/C=C/SO. The molecule has 0 aromatic carbocycles. The van der Waals surface area contributed by atoms with Gasteiger partial charge in [-0.15, -0.1) is 0 Å². The van der Waals surface area contributed by atoms with Gasteiger partial charge >= 0.3 is 0 Å². The largest absolute Gasteiger partial charge is 0.326 e. The quantitative estimate of drug-likeness (QED) is 0.469. The van der Waals surface area contributed by atoms with Gasteiger partial charge < -0.3 is 4.55 Å². The van der Waals surface area contributed by atoms with Crippen molar-refractivity contribution in [2.45, 2.75) is 26.2 Å². The first kappa shape index (κ1) is 8.05. The molecule has 0 saturated carbocycles. The second-order valence-electron chi connectivity index (χ2n) is 1.62. The highest BCUT2D eigenvalue weighted by atomic mass is 32.2. The first-order chi connectivity index (χ1) is 3.91. The Morgan fingerprint density at radius 2 is 2.38 bits per heavy atom. The maximum Gasteiger partial charge on any atom is 0.0160 e. The van der Waals surface area contributed by atoms with E-state index in [1.807, 2.05) is 6.08 Å². The first-order valence-corrected chi connectivity index (χ1v) is 3.70. The van der Waals surface area contributed by atoms with Crippen molar-refractivity contribution >= 4 is 12.0 Å². The van der Waals surface area contributed by atoms with Gasteiger partial charge in [-0.25, -0.2) is 0 Å². The van der Waals surface area contributed by atoms with Crippen molar-refractivity contribution < 1.29 is 4.55 Å². The summed E-state index contributed by atoms with van der Waals surface area (Å²) in [6.07, 6.45) is 5.51. The van der Waals surface area contributed by atoms with Crippen LogP contribution in [-0.4, -0.2) is 4.55 Å². The lowest BCUT2D eigenvalue weighted by molar-refractivity contribution is 0.671. The molecule has 1 N–H and O–H groups in total. The monoisotopic (exact) mass is 132 g/mol. The third kappa shape index (κ3) is 6.05. The molecule has 0 saturated heterocycles. The molecule has 0 unspecified atom stereocenters. The van der Waals surface area contributed by atoms with Gasteiger partial charge in [0.25, 0.3) is 0 Å². The molecule has 0 aliphatic heterocycles. The molecule has 0 fully saturated rings. The Kier molecular flexibility index (Phi) is 7.09. The van der Waals surface area contributed by atoms with Crippen molar-refractivity contribution in [3.05, 3.63) is 11.5 Å². The third-order valence-corrected chi connectivity index (χ3v) is 1.20. The van der Waals surface area contributed by atoms with Gasteiger partial charge in [-0.05, 0) is 11.8 Å². The van der Waals surface area contributed by atoms with E-state index < -0.39 is 0 Å². The molecular formula is C6H12OS. The molecule has 0 aliphatic rings. The molecule has 1 nitrogen and oxygen atoms in total. The number of hydrogen-bond donors (Lipinski definition) is 1. The fraction of sp³-hybridized carbons (Fsp3) is 0.667. The van der Waals surface area contributed by atoms with Crippen LogP contribution in [0.15, 0.2) is 11.5 Å². The highest BCUT2D eigenvalue weighted by Gasteiger charge is 1.75. The number of allylic oxidation sites excluding steroid dienone is 1. The normalized spacial score (nSPS) is 10.8. The van der Waals surface area contributed by atoms with Crippen LogP contribution in [0.2, 0.25) is 0 Å². The summed E-state index contributed by atoms with van der Waals surface area (Å²) in [7, 11) is 0. The van der Waals surface area contributed by atoms with E-state index in [0.717, 1.165) is 18.5 Å². The molecule has 0 aromatic rings. The minimum Gasteiger partial charge on any atom is -0.326 e. The summed E-state index contributed by atoms with van der Waals surface area (Å²) < 4.78 is 8.20. The topological polar surface area (TPSA) is 20.2 Å². The third-order valence-electron chi connectivity index (χ3n) is 0.881. The Labute approximate surface area is 55.0 Å². The second-order valence-corrected chi connectivity index (χ2v) is 2.10. The highest BCUT2D eigenvalue weighted by molar-refractivity contribution is 7.96. The van der Waals surface area contributed by atoms with Crippen molar-refractivity contribution in [1.82, 2.24) is 0 Å². The van der Waals surface area contributed by atoms with E-state index in [1.54, 1.807) is 5.41 Å². The molecule has 0 amide bonds. The van der Waals surface area contributed by atoms with Crippen molar-refractivity contribution in [2.24, 2.45) is 0 Å². The minimum atomic E-state index is 0.772. The van der Waals surface area contributed by atoms with Crippen LogP contribution < -0.4 is 0 Å². The van der Waals surface area contributed by atoms with E-state index >= 15 is 0 Å². The van der Waals surface area contributed by atoms with Gasteiger partial charge in [0.15, 0.2) is 0 Å². The van der Waals surface area contributed by atoms with Gasteiger partial charge in [-0.1, -0.05) is 25.8 Å². The Hall–Kier alpha value is 0.0500. The maximum absolute atomic E-state index is 8.20. The van der Waals surface area contributed by atoms with Crippen LogP contribution in [0.4, 0.5) is 0 Å². The number of hydrogen-bond acceptors (Lipinski definition) is 2. The maximum atomic E-state index is 8.20. The Bertz CT molecular complexity index is 61.5. The molecule has 0 atom stereocenters. The molecule has 8 heavy (non-hydrogen) atoms. The van der Waals surface area contributed by atoms with E-state index in [9.17, 15) is 0 Å². The van der Waals surface area contributed by atoms with E-state index in [1.165, 1.54) is 12.8 Å². The summed E-state index contributed by atoms with van der Waals surface area (Å²) in [5.74, 6) is 0. The van der Waals surface area contributed by atoms with Crippen LogP contribution in [0.3, 0.4) is 0 Å². The molecule has 0 aliphatic carbocycles. The van der Waals surface area contributed by atoms with Crippen molar-refractivity contribution in [3.63, 3.8) is 0 Å². The van der Waals surface area contributed by atoms with Gasteiger partial charge in [0, 0.05) is 12.0 Å². The van der Waals surface area contributed by atoms with E-state index in [0.29, 0.717) is 0 Å². The van der Waals surface area contributed by atoms with Gasteiger partial charge in [0.1, 0.15) is 0 Å². The summed E-state index contributed by atoms with van der Waals surface area (Å²) >= 11 is 0.772. The van der Waals surface area contributed by atoms with Crippen molar-refractivity contribution in [3.8, 4) is 0 Å². The molecule has 0 spiro atoms. The van der Waals surface area contributed by atoms with Crippen LogP contribution in [-0.2, 0) is 0 Å². The van der Waals surface area contributed by atoms with Crippen molar-refractivity contribution in [1.29, 1.82) is 0 Å². The lowest BCUT2D eigenvalue weighted by Crippen LogP contribution is -1.64. The zero-order valence-electron chi connectivity index (χ0n) is 5.13. The van der Waals surface area contributed by atoms with Crippen LogP contribution in [0.1, 0.15) is 26.2 Å². The Balaban J connectivity index is 2.80. The fourth-order valence-corrected chi connectivity index (χ4v) is 0.655. The predicted molar refractivity (Wildman–Crippen MR) is 38.9 cm³/mol. The van der Waals surface area contributed by atoms with Crippen LogP contribution in [0, 0.1) is 0 Å². The van der Waals surface area contributed by atoms with E-state index in [4.69, 9.17) is 4.55 Å². The van der Waals surface area contributed by atoms with Crippen LogP contribution in [0.25, 0.3) is 0 Å². The van der Waals surface area contributed by atoms with Crippen LogP contribution in [0.5, 0.6) is 0 Å². The highest BCUT2D eigenvalue weighted by Crippen LogP contribution is 1.99. The minimum absolute atomic E-state index is 0.772. The van der Waals surface area contributed by atoms with Gasteiger partial charge in [0.05, 0.1) is 0 Å². The molecular weight excluding hydrogens is 120 g/mol. The number of unbranched alkanes of at least 4 members (excludes halogenated alkanes) is 2. The molecule has 0 aromatic heterocycles. The summed E-state index contributed by atoms with van der Waals surface area (Å²) in [6, 6.07) is 0. The Morgan fingerprint density at radius 1 is 1.62 bits per heavy atom. The first-order valence-electron chi connectivity index (χ1n) is 2.87. The summed E-state index contributed by atoms with van der Waals surface area (Å²) in [4.78, 5) is 0. The average molecular weight is 132 g/mol. The van der Waals surface area contributed by atoms with E-state index in [-0.39, 0.29) is 0 Å².